The summed E-state index contributed by atoms with van der Waals surface area (Å²) < 4.78 is 40.6. The zero-order chi connectivity index (χ0) is 23.0. The van der Waals surface area contributed by atoms with Crippen LogP contribution in [0.1, 0.15) is 16.8 Å². The topological polar surface area (TPSA) is 81.7 Å². The van der Waals surface area contributed by atoms with Crippen LogP contribution >= 0.6 is 0 Å². The third-order valence-electron chi connectivity index (χ3n) is 5.33. The maximum Gasteiger partial charge on any atom is 0.251 e. The molecule has 1 aliphatic heterocycles. The highest BCUT2D eigenvalue weighted by Gasteiger charge is 2.21. The molecule has 32 heavy (non-hydrogen) atoms. The second-order valence-electron chi connectivity index (χ2n) is 7.56. The van der Waals surface area contributed by atoms with Crippen LogP contribution in [0.4, 0.5) is 10.1 Å². The molecule has 0 aliphatic carbocycles. The highest BCUT2D eigenvalue weighted by molar-refractivity contribution is 7.89. The highest BCUT2D eigenvalue weighted by Crippen LogP contribution is 2.17. The van der Waals surface area contributed by atoms with Crippen molar-refractivity contribution >= 4 is 21.6 Å². The molecular weight excluding hydrogens is 431 g/mol. The summed E-state index contributed by atoms with van der Waals surface area (Å²) in [5.74, 6) is -1.34. The van der Waals surface area contributed by atoms with E-state index in [1.54, 1.807) is 0 Å². The van der Waals surface area contributed by atoms with Gasteiger partial charge in [-0.2, -0.15) is 0 Å². The Kier molecular flexibility index (Phi) is 8.38. The van der Waals surface area contributed by atoms with Crippen molar-refractivity contribution in [2.75, 3.05) is 50.7 Å². The maximum atomic E-state index is 14.0. The first kappa shape index (κ1) is 23.9. The van der Waals surface area contributed by atoms with Crippen LogP contribution in [0.25, 0.3) is 0 Å². The van der Waals surface area contributed by atoms with Crippen molar-refractivity contribution in [2.45, 2.75) is 11.3 Å². The molecule has 0 unspecified atom stereocenters. The number of nitrogens with one attached hydrogen (secondary N) is 2. The number of nitrogens with zero attached hydrogens (tertiary/aromatic N) is 2. The van der Waals surface area contributed by atoms with Gasteiger partial charge in [-0.15, -0.1) is 6.58 Å². The average molecular weight is 461 g/mol. The molecule has 0 bridgehead atoms. The van der Waals surface area contributed by atoms with E-state index in [-0.39, 0.29) is 12.1 Å². The van der Waals surface area contributed by atoms with E-state index in [2.05, 4.69) is 38.6 Å². The summed E-state index contributed by atoms with van der Waals surface area (Å²) in [4.78, 5) is 16.6. The zero-order valence-electron chi connectivity index (χ0n) is 18.0. The summed E-state index contributed by atoms with van der Waals surface area (Å²) in [5.41, 5.74) is 1.33. The van der Waals surface area contributed by atoms with Crippen molar-refractivity contribution in [3.63, 3.8) is 0 Å². The molecule has 3 rings (SSSR count). The quantitative estimate of drug-likeness (QED) is 0.420. The van der Waals surface area contributed by atoms with E-state index in [1.807, 2.05) is 18.2 Å². The van der Waals surface area contributed by atoms with Crippen molar-refractivity contribution in [2.24, 2.45) is 0 Å². The molecule has 0 spiro atoms. The summed E-state index contributed by atoms with van der Waals surface area (Å²) in [6.07, 6.45) is 2.12. The first-order valence-corrected chi connectivity index (χ1v) is 12.1. The molecule has 0 atom stereocenters. The lowest BCUT2D eigenvalue weighted by atomic mass is 10.2. The average Bonchev–Trinajstić information content (AvgIpc) is 2.81. The van der Waals surface area contributed by atoms with Crippen LogP contribution < -0.4 is 14.9 Å². The maximum absolute atomic E-state index is 14.0. The van der Waals surface area contributed by atoms with Gasteiger partial charge in [0.05, 0.1) is 0 Å². The third kappa shape index (κ3) is 6.38. The van der Waals surface area contributed by atoms with Gasteiger partial charge in [-0.05, 0) is 43.3 Å². The van der Waals surface area contributed by atoms with Gasteiger partial charge in [0.25, 0.3) is 5.91 Å². The highest BCUT2D eigenvalue weighted by atomic mass is 32.2. The lowest BCUT2D eigenvalue weighted by Gasteiger charge is -2.36. The summed E-state index contributed by atoms with van der Waals surface area (Å²) in [6.45, 7) is 8.55. The van der Waals surface area contributed by atoms with Gasteiger partial charge in [0.15, 0.2) is 0 Å². The smallest absolute Gasteiger partial charge is 0.251 e. The van der Waals surface area contributed by atoms with Crippen molar-refractivity contribution in [3.8, 4) is 0 Å². The number of anilines is 1. The summed E-state index contributed by atoms with van der Waals surface area (Å²) in [6, 6.07) is 13.7. The van der Waals surface area contributed by atoms with E-state index in [0.717, 1.165) is 51.3 Å². The van der Waals surface area contributed by atoms with Gasteiger partial charge in [0.2, 0.25) is 10.0 Å². The fourth-order valence-corrected chi connectivity index (χ4v) is 4.67. The van der Waals surface area contributed by atoms with E-state index in [9.17, 15) is 17.6 Å². The largest absolute Gasteiger partial charge is 0.369 e. The number of para-hydroxylation sites is 1. The Morgan fingerprint density at radius 3 is 2.50 bits per heavy atom. The van der Waals surface area contributed by atoms with Crippen molar-refractivity contribution in [1.29, 1.82) is 0 Å². The molecular formula is C23H29FN4O3S. The molecule has 0 saturated carbocycles. The van der Waals surface area contributed by atoms with Crippen LogP contribution in [-0.2, 0) is 10.0 Å². The second kappa shape index (κ2) is 11.2. The van der Waals surface area contributed by atoms with E-state index in [1.165, 1.54) is 17.8 Å². The van der Waals surface area contributed by atoms with E-state index < -0.39 is 26.6 Å². The van der Waals surface area contributed by atoms with E-state index in [4.69, 9.17) is 0 Å². The number of carbonyl (C=O) groups is 1. The minimum absolute atomic E-state index is 0.0300. The monoisotopic (exact) mass is 460 g/mol. The Hall–Kier alpha value is -2.75. The Balaban J connectivity index is 1.44. The minimum Gasteiger partial charge on any atom is -0.369 e. The molecule has 1 aliphatic rings. The molecule has 1 fully saturated rings. The fourth-order valence-electron chi connectivity index (χ4n) is 3.57. The van der Waals surface area contributed by atoms with Gasteiger partial charge in [-0.25, -0.2) is 17.5 Å². The molecule has 0 radical (unpaired) electrons. The number of sulfonamides is 1. The standard InChI is InChI=1S/C23H29FN4O3S/c1-2-11-26-32(30,31)22-18-19(9-10-21(22)24)23(29)25-12-6-13-27-14-16-28(17-15-27)20-7-4-3-5-8-20/h2-5,7-10,18,26H,1,6,11-17H2,(H,25,29). The minimum atomic E-state index is -4.06. The molecule has 172 valence electrons. The van der Waals surface area contributed by atoms with Gasteiger partial charge >= 0.3 is 0 Å². The molecule has 2 N–H and O–H groups in total. The number of hydrogen-bond acceptors (Lipinski definition) is 5. The van der Waals surface area contributed by atoms with Crippen LogP contribution in [0.3, 0.4) is 0 Å². The molecule has 1 heterocycles. The Labute approximate surface area is 189 Å². The predicted octanol–water partition coefficient (Wildman–Crippen LogP) is 2.23. The Bertz CT molecular complexity index is 1020. The fraction of sp³-hybridized carbons (Fsp3) is 0.348. The number of halogens is 1. The number of carbonyl (C=O) groups excluding carboxylic acids is 1. The zero-order valence-corrected chi connectivity index (χ0v) is 18.8. The van der Waals surface area contributed by atoms with Crippen LogP contribution in [0.2, 0.25) is 0 Å². The predicted molar refractivity (Wildman–Crippen MR) is 124 cm³/mol. The second-order valence-corrected chi connectivity index (χ2v) is 9.29. The lowest BCUT2D eigenvalue weighted by Crippen LogP contribution is -2.47. The number of rotatable bonds is 10. The first-order chi connectivity index (χ1) is 15.4. The molecule has 1 saturated heterocycles. The van der Waals surface area contributed by atoms with Crippen LogP contribution in [0, 0.1) is 5.82 Å². The summed E-state index contributed by atoms with van der Waals surface area (Å²) in [7, 11) is -4.06. The van der Waals surface area contributed by atoms with Gasteiger partial charge in [0, 0.05) is 50.5 Å². The number of piperazine rings is 1. The third-order valence-corrected chi connectivity index (χ3v) is 6.77. The van der Waals surface area contributed by atoms with Crippen molar-refractivity contribution < 1.29 is 17.6 Å². The summed E-state index contributed by atoms with van der Waals surface area (Å²) >= 11 is 0. The molecule has 2 aromatic rings. The lowest BCUT2D eigenvalue weighted by molar-refractivity contribution is 0.0951. The molecule has 2 aromatic carbocycles. The van der Waals surface area contributed by atoms with Crippen LogP contribution in [0.5, 0.6) is 0 Å². The first-order valence-electron chi connectivity index (χ1n) is 10.6. The van der Waals surface area contributed by atoms with Gasteiger partial charge in [0.1, 0.15) is 10.7 Å². The van der Waals surface area contributed by atoms with Crippen LogP contribution in [-0.4, -0.2) is 65.0 Å². The SMILES string of the molecule is C=CCNS(=O)(=O)c1cc(C(=O)NCCCN2CCN(c3ccccc3)CC2)ccc1F. The van der Waals surface area contributed by atoms with Crippen LogP contribution in [0.15, 0.2) is 66.1 Å². The Morgan fingerprint density at radius 2 is 1.81 bits per heavy atom. The van der Waals surface area contributed by atoms with Gasteiger partial charge in [-0.1, -0.05) is 24.3 Å². The summed E-state index contributed by atoms with van der Waals surface area (Å²) in [5, 5.41) is 2.78. The molecule has 0 aromatic heterocycles. The molecule has 1 amide bonds. The van der Waals surface area contributed by atoms with Gasteiger partial charge in [-0.3, -0.25) is 9.69 Å². The number of amides is 1. The normalized spacial score (nSPS) is 14.8. The molecule has 9 heteroatoms. The van der Waals surface area contributed by atoms with Gasteiger partial charge < -0.3 is 10.2 Å². The number of hydrogen-bond donors (Lipinski definition) is 2. The van der Waals surface area contributed by atoms with Crippen molar-refractivity contribution in [3.05, 3.63) is 72.6 Å². The Morgan fingerprint density at radius 1 is 1.09 bits per heavy atom. The van der Waals surface area contributed by atoms with Crippen molar-refractivity contribution in [1.82, 2.24) is 14.9 Å². The number of benzene rings is 2. The molecule has 7 nitrogen and oxygen atoms in total. The van der Waals surface area contributed by atoms with E-state index in [0.29, 0.717) is 6.54 Å². The van der Waals surface area contributed by atoms with E-state index >= 15 is 0 Å².